The molecule has 4 aromatic rings. The van der Waals surface area contributed by atoms with Gasteiger partial charge in [-0.15, -0.1) is 0 Å². The van der Waals surface area contributed by atoms with Crippen molar-refractivity contribution in [2.24, 2.45) is 0 Å². The summed E-state index contributed by atoms with van der Waals surface area (Å²) in [5.41, 5.74) is 3.58. The lowest BCUT2D eigenvalue weighted by Gasteiger charge is -2.18. The van der Waals surface area contributed by atoms with Crippen LogP contribution in [-0.4, -0.2) is 19.7 Å². The van der Waals surface area contributed by atoms with Gasteiger partial charge in [0, 0.05) is 17.0 Å². The van der Waals surface area contributed by atoms with Crippen molar-refractivity contribution in [1.82, 2.24) is 14.6 Å². The van der Waals surface area contributed by atoms with Crippen LogP contribution in [0.15, 0.2) is 54.6 Å². The van der Waals surface area contributed by atoms with E-state index < -0.39 is 0 Å². The quantitative estimate of drug-likeness (QED) is 0.598. The van der Waals surface area contributed by atoms with Gasteiger partial charge in [0.25, 0.3) is 0 Å². The smallest absolute Gasteiger partial charge is 0.158 e. The molecule has 0 saturated heterocycles. The summed E-state index contributed by atoms with van der Waals surface area (Å²) in [6.07, 6.45) is 0. The zero-order chi connectivity index (χ0) is 16.7. The van der Waals surface area contributed by atoms with Crippen molar-refractivity contribution in [3.05, 3.63) is 65.9 Å². The number of aryl methyl sites for hydroxylation is 1. The fourth-order valence-corrected chi connectivity index (χ4v) is 3.02. The minimum absolute atomic E-state index is 0.0754. The molecule has 0 aliphatic carbocycles. The molecule has 1 atom stereocenters. The summed E-state index contributed by atoms with van der Waals surface area (Å²) >= 11 is 0. The van der Waals surface area contributed by atoms with E-state index in [1.165, 1.54) is 0 Å². The lowest BCUT2D eigenvalue weighted by molar-refractivity contribution is 0.465. The van der Waals surface area contributed by atoms with Gasteiger partial charge in [0.15, 0.2) is 5.65 Å². The van der Waals surface area contributed by atoms with Gasteiger partial charge in [-0.05, 0) is 32.0 Å². The van der Waals surface area contributed by atoms with Crippen molar-refractivity contribution < 1.29 is 5.11 Å². The Hall–Kier alpha value is -3.08. The van der Waals surface area contributed by atoms with Crippen molar-refractivity contribution in [1.29, 1.82) is 0 Å². The first kappa shape index (κ1) is 14.5. The van der Waals surface area contributed by atoms with Gasteiger partial charge in [0.05, 0.1) is 17.3 Å². The highest BCUT2D eigenvalue weighted by molar-refractivity contribution is 5.91. The van der Waals surface area contributed by atoms with Crippen LogP contribution >= 0.6 is 0 Å². The average molecular weight is 318 g/mol. The number of fused-ring (bicyclic) bond motifs is 3. The fraction of sp³-hybridized carbons (Fsp3) is 0.158. The van der Waals surface area contributed by atoms with Gasteiger partial charge < -0.3 is 10.4 Å². The number of rotatable bonds is 3. The standard InChI is InChI=1S/C19H18N4O/c1-12-11-18-21-19(15-8-3-5-9-16(15)23(18)22-12)20-13(2)14-7-4-6-10-17(14)24/h3-11,13,24H,1-2H3,(H,20,21)/t13-/m0/s1. The van der Waals surface area contributed by atoms with E-state index in [1.54, 1.807) is 6.07 Å². The molecule has 0 aliphatic heterocycles. The Morgan fingerprint density at radius 3 is 2.67 bits per heavy atom. The Morgan fingerprint density at radius 1 is 1.08 bits per heavy atom. The molecule has 2 aromatic heterocycles. The second kappa shape index (κ2) is 5.53. The SMILES string of the molecule is Cc1cc2nc(N[C@@H](C)c3ccccc3O)c3ccccc3n2n1. The van der Waals surface area contributed by atoms with Crippen LogP contribution in [0, 0.1) is 6.92 Å². The number of aromatic nitrogens is 3. The van der Waals surface area contributed by atoms with Crippen molar-refractivity contribution in [2.75, 3.05) is 5.32 Å². The molecule has 5 nitrogen and oxygen atoms in total. The lowest BCUT2D eigenvalue weighted by Crippen LogP contribution is -2.09. The number of phenolic OH excluding ortho intramolecular Hbond substituents is 1. The molecule has 0 saturated carbocycles. The predicted octanol–water partition coefficient (Wildman–Crippen LogP) is 4.07. The van der Waals surface area contributed by atoms with Gasteiger partial charge in [-0.2, -0.15) is 5.10 Å². The maximum absolute atomic E-state index is 10.1. The first-order valence-electron chi connectivity index (χ1n) is 7.93. The number of benzene rings is 2. The molecule has 0 unspecified atom stereocenters. The second-order valence-corrected chi connectivity index (χ2v) is 5.96. The number of hydrogen-bond donors (Lipinski definition) is 2. The maximum Gasteiger partial charge on any atom is 0.158 e. The Labute approximate surface area is 139 Å². The molecule has 0 bridgehead atoms. The molecule has 0 aliphatic rings. The van der Waals surface area contributed by atoms with Gasteiger partial charge in [-0.25, -0.2) is 9.50 Å². The molecule has 2 heterocycles. The largest absolute Gasteiger partial charge is 0.508 e. The maximum atomic E-state index is 10.1. The Morgan fingerprint density at radius 2 is 1.83 bits per heavy atom. The molecule has 2 aromatic carbocycles. The molecular weight excluding hydrogens is 300 g/mol. The Balaban J connectivity index is 1.85. The summed E-state index contributed by atoms with van der Waals surface area (Å²) < 4.78 is 1.86. The van der Waals surface area contributed by atoms with E-state index in [0.717, 1.165) is 33.6 Å². The topological polar surface area (TPSA) is 62.5 Å². The summed E-state index contributed by atoms with van der Waals surface area (Å²) in [7, 11) is 0. The highest BCUT2D eigenvalue weighted by Gasteiger charge is 2.14. The van der Waals surface area contributed by atoms with E-state index in [2.05, 4.69) is 10.4 Å². The van der Waals surface area contributed by atoms with Gasteiger partial charge in [0.1, 0.15) is 11.6 Å². The fourth-order valence-electron chi connectivity index (χ4n) is 3.02. The van der Waals surface area contributed by atoms with Crippen LogP contribution in [0.1, 0.15) is 24.2 Å². The van der Waals surface area contributed by atoms with E-state index in [0.29, 0.717) is 0 Å². The van der Waals surface area contributed by atoms with Crippen molar-refractivity contribution >= 4 is 22.4 Å². The molecule has 0 spiro atoms. The zero-order valence-corrected chi connectivity index (χ0v) is 13.6. The summed E-state index contributed by atoms with van der Waals surface area (Å²) in [6, 6.07) is 17.3. The number of phenols is 1. The summed E-state index contributed by atoms with van der Waals surface area (Å²) in [4.78, 5) is 4.73. The molecule has 2 N–H and O–H groups in total. The van der Waals surface area contributed by atoms with Crippen LogP contribution in [0.4, 0.5) is 5.82 Å². The normalized spacial score (nSPS) is 12.6. The second-order valence-electron chi connectivity index (χ2n) is 5.96. The minimum Gasteiger partial charge on any atom is -0.508 e. The van der Waals surface area contributed by atoms with Crippen LogP contribution in [0.25, 0.3) is 16.6 Å². The van der Waals surface area contributed by atoms with E-state index in [-0.39, 0.29) is 11.8 Å². The van der Waals surface area contributed by atoms with E-state index in [1.807, 2.05) is 66.9 Å². The number of hydrogen-bond acceptors (Lipinski definition) is 4. The van der Waals surface area contributed by atoms with Gasteiger partial charge in [-0.1, -0.05) is 30.3 Å². The van der Waals surface area contributed by atoms with E-state index in [4.69, 9.17) is 4.98 Å². The molecule has 120 valence electrons. The number of para-hydroxylation sites is 2. The third-order valence-electron chi connectivity index (χ3n) is 4.18. The monoisotopic (exact) mass is 318 g/mol. The van der Waals surface area contributed by atoms with Crippen LogP contribution in [-0.2, 0) is 0 Å². The highest BCUT2D eigenvalue weighted by atomic mass is 16.3. The number of nitrogens with one attached hydrogen (secondary N) is 1. The Bertz CT molecular complexity index is 1040. The molecule has 0 radical (unpaired) electrons. The van der Waals surface area contributed by atoms with Gasteiger partial charge >= 0.3 is 0 Å². The minimum atomic E-state index is -0.0754. The first-order valence-corrected chi connectivity index (χ1v) is 7.93. The zero-order valence-electron chi connectivity index (χ0n) is 13.6. The van der Waals surface area contributed by atoms with E-state index in [9.17, 15) is 5.11 Å². The van der Waals surface area contributed by atoms with Crippen LogP contribution in [0.2, 0.25) is 0 Å². The molecular formula is C19H18N4O. The van der Waals surface area contributed by atoms with Gasteiger partial charge in [0.2, 0.25) is 0 Å². The third-order valence-corrected chi connectivity index (χ3v) is 4.18. The predicted molar refractivity (Wildman–Crippen MR) is 95.4 cm³/mol. The summed E-state index contributed by atoms with van der Waals surface area (Å²) in [5.74, 6) is 1.07. The summed E-state index contributed by atoms with van der Waals surface area (Å²) in [5, 5.41) is 19.0. The number of nitrogens with zero attached hydrogens (tertiary/aromatic N) is 3. The van der Waals surface area contributed by atoms with E-state index >= 15 is 0 Å². The highest BCUT2D eigenvalue weighted by Crippen LogP contribution is 2.29. The van der Waals surface area contributed by atoms with Crippen molar-refractivity contribution in [3.63, 3.8) is 0 Å². The Kier molecular flexibility index (Phi) is 3.34. The van der Waals surface area contributed by atoms with Crippen molar-refractivity contribution in [3.8, 4) is 5.75 Å². The van der Waals surface area contributed by atoms with Crippen LogP contribution < -0.4 is 5.32 Å². The van der Waals surface area contributed by atoms with Crippen LogP contribution in [0.5, 0.6) is 5.75 Å². The number of anilines is 1. The van der Waals surface area contributed by atoms with Crippen molar-refractivity contribution in [2.45, 2.75) is 19.9 Å². The molecule has 4 rings (SSSR count). The molecule has 0 fully saturated rings. The summed E-state index contributed by atoms with van der Waals surface area (Å²) in [6.45, 7) is 3.97. The third kappa shape index (κ3) is 2.34. The first-order chi connectivity index (χ1) is 11.6. The lowest BCUT2D eigenvalue weighted by atomic mass is 10.1. The average Bonchev–Trinajstić information content (AvgIpc) is 2.96. The van der Waals surface area contributed by atoms with Crippen LogP contribution in [0.3, 0.4) is 0 Å². The molecule has 5 heteroatoms. The molecule has 24 heavy (non-hydrogen) atoms. The molecule has 0 amide bonds. The number of aromatic hydroxyl groups is 1. The van der Waals surface area contributed by atoms with Gasteiger partial charge in [-0.3, -0.25) is 0 Å².